The number of halogens is 1. The lowest BCUT2D eigenvalue weighted by Gasteiger charge is -2.12. The number of nitrogens with one attached hydrogen (secondary N) is 2. The summed E-state index contributed by atoms with van der Waals surface area (Å²) in [5, 5.41) is 5.52. The highest BCUT2D eigenvalue weighted by molar-refractivity contribution is 9.10. The Bertz CT molecular complexity index is 704. The number of methoxy groups -OCH3 is 1. The van der Waals surface area contributed by atoms with Gasteiger partial charge in [0.2, 0.25) is 0 Å². The topological polar surface area (TPSA) is 67.4 Å². The largest absolute Gasteiger partial charge is 0.383 e. The van der Waals surface area contributed by atoms with Crippen molar-refractivity contribution >= 4 is 33.4 Å². The molecule has 2 aromatic carbocycles. The summed E-state index contributed by atoms with van der Waals surface area (Å²) in [6.07, 6.45) is 0. The van der Waals surface area contributed by atoms with Crippen molar-refractivity contribution in [1.82, 2.24) is 5.32 Å². The highest BCUT2D eigenvalue weighted by Crippen LogP contribution is 2.20. The summed E-state index contributed by atoms with van der Waals surface area (Å²) in [7, 11) is 1.57. The molecule has 23 heavy (non-hydrogen) atoms. The van der Waals surface area contributed by atoms with Crippen LogP contribution in [0.2, 0.25) is 0 Å². The summed E-state index contributed by atoms with van der Waals surface area (Å²) in [5.41, 5.74) is 1.37. The van der Waals surface area contributed by atoms with E-state index in [9.17, 15) is 9.59 Å². The van der Waals surface area contributed by atoms with E-state index in [1.807, 2.05) is 6.07 Å². The van der Waals surface area contributed by atoms with Gasteiger partial charge in [0.25, 0.3) is 11.8 Å². The number of carbonyl (C=O) groups excluding carboxylic acids is 2. The van der Waals surface area contributed by atoms with Crippen LogP contribution in [-0.4, -0.2) is 32.1 Å². The van der Waals surface area contributed by atoms with Crippen LogP contribution < -0.4 is 10.6 Å². The van der Waals surface area contributed by atoms with E-state index < -0.39 is 0 Å². The Hall–Kier alpha value is -2.18. The number of hydrogen-bond acceptors (Lipinski definition) is 3. The van der Waals surface area contributed by atoms with Crippen molar-refractivity contribution in [1.29, 1.82) is 0 Å². The average molecular weight is 377 g/mol. The van der Waals surface area contributed by atoms with Crippen molar-refractivity contribution < 1.29 is 14.3 Å². The second-order valence-electron chi connectivity index (χ2n) is 4.73. The molecule has 0 radical (unpaired) electrons. The van der Waals surface area contributed by atoms with E-state index in [-0.39, 0.29) is 11.8 Å². The predicted octanol–water partition coefficient (Wildman–Crippen LogP) is 3.08. The fourth-order valence-corrected chi connectivity index (χ4v) is 2.45. The third kappa shape index (κ3) is 4.64. The van der Waals surface area contributed by atoms with Crippen LogP contribution in [0.3, 0.4) is 0 Å². The molecule has 0 unspecified atom stereocenters. The summed E-state index contributed by atoms with van der Waals surface area (Å²) < 4.78 is 5.60. The summed E-state index contributed by atoms with van der Waals surface area (Å²) in [4.78, 5) is 24.6. The van der Waals surface area contributed by atoms with E-state index in [1.165, 1.54) is 0 Å². The molecule has 0 heterocycles. The van der Waals surface area contributed by atoms with E-state index in [0.29, 0.717) is 34.4 Å². The first-order valence-corrected chi connectivity index (χ1v) is 7.85. The molecule has 6 heteroatoms. The maximum absolute atomic E-state index is 12.4. The molecule has 0 saturated carbocycles. The molecule has 0 fully saturated rings. The fraction of sp³-hybridized carbons (Fsp3) is 0.176. The van der Waals surface area contributed by atoms with Crippen LogP contribution in [0.15, 0.2) is 53.0 Å². The van der Waals surface area contributed by atoms with Crippen molar-refractivity contribution in [3.63, 3.8) is 0 Å². The molecule has 5 nitrogen and oxygen atoms in total. The molecule has 2 amide bonds. The molecule has 2 aromatic rings. The van der Waals surface area contributed by atoms with Gasteiger partial charge in [0, 0.05) is 18.1 Å². The number of ether oxygens (including phenoxy) is 1. The Morgan fingerprint density at radius 1 is 1.00 bits per heavy atom. The van der Waals surface area contributed by atoms with Gasteiger partial charge in [-0.1, -0.05) is 24.3 Å². The molecule has 0 spiro atoms. The average Bonchev–Trinajstić information content (AvgIpc) is 2.55. The van der Waals surface area contributed by atoms with Gasteiger partial charge in [0.15, 0.2) is 0 Å². The predicted molar refractivity (Wildman–Crippen MR) is 92.7 cm³/mol. The molecule has 2 N–H and O–H groups in total. The number of anilines is 1. The van der Waals surface area contributed by atoms with Gasteiger partial charge in [0.1, 0.15) is 0 Å². The lowest BCUT2D eigenvalue weighted by atomic mass is 10.1. The van der Waals surface area contributed by atoms with Gasteiger partial charge in [-0.2, -0.15) is 0 Å². The Balaban J connectivity index is 2.16. The molecule has 0 atom stereocenters. The van der Waals surface area contributed by atoms with Crippen molar-refractivity contribution in [2.75, 3.05) is 25.6 Å². The minimum atomic E-state index is -0.283. The third-order valence-electron chi connectivity index (χ3n) is 3.13. The van der Waals surface area contributed by atoms with Crippen LogP contribution >= 0.6 is 15.9 Å². The van der Waals surface area contributed by atoms with Gasteiger partial charge >= 0.3 is 0 Å². The minimum Gasteiger partial charge on any atom is -0.383 e. The van der Waals surface area contributed by atoms with E-state index >= 15 is 0 Å². The first-order chi connectivity index (χ1) is 11.1. The standard InChI is InChI=1S/C17H17BrN2O3/c1-23-11-10-19-16(21)13-7-3-5-9-15(13)20-17(22)12-6-2-4-8-14(12)18/h2-9H,10-11H2,1H3,(H,19,21)(H,20,22). The smallest absolute Gasteiger partial charge is 0.256 e. The van der Waals surface area contributed by atoms with Gasteiger partial charge in [-0.25, -0.2) is 0 Å². The number of amides is 2. The molecule has 0 aromatic heterocycles. The minimum absolute atomic E-state index is 0.259. The zero-order chi connectivity index (χ0) is 16.7. The number of benzene rings is 2. The van der Waals surface area contributed by atoms with Gasteiger partial charge in [-0.3, -0.25) is 9.59 Å². The summed E-state index contributed by atoms with van der Waals surface area (Å²) in [6, 6.07) is 14.0. The molecule has 120 valence electrons. The molecule has 0 aliphatic rings. The van der Waals surface area contributed by atoms with E-state index in [0.717, 1.165) is 0 Å². The number of carbonyl (C=O) groups is 2. The number of hydrogen-bond donors (Lipinski definition) is 2. The lowest BCUT2D eigenvalue weighted by molar-refractivity contribution is 0.0938. The van der Waals surface area contributed by atoms with Crippen LogP contribution in [0.4, 0.5) is 5.69 Å². The number of rotatable bonds is 6. The first-order valence-electron chi connectivity index (χ1n) is 7.05. The Labute approximate surface area is 143 Å². The monoisotopic (exact) mass is 376 g/mol. The third-order valence-corrected chi connectivity index (χ3v) is 3.82. The Morgan fingerprint density at radius 2 is 1.65 bits per heavy atom. The van der Waals surface area contributed by atoms with E-state index in [2.05, 4.69) is 26.6 Å². The van der Waals surface area contributed by atoms with Crippen LogP contribution in [0, 0.1) is 0 Å². The molecular weight excluding hydrogens is 360 g/mol. The van der Waals surface area contributed by atoms with Crippen LogP contribution in [-0.2, 0) is 4.74 Å². The second kappa shape index (κ2) is 8.45. The van der Waals surface area contributed by atoms with Gasteiger partial charge < -0.3 is 15.4 Å². The summed E-state index contributed by atoms with van der Waals surface area (Å²) in [5.74, 6) is -0.542. The maximum atomic E-state index is 12.4. The lowest BCUT2D eigenvalue weighted by Crippen LogP contribution is -2.28. The highest BCUT2D eigenvalue weighted by Gasteiger charge is 2.15. The summed E-state index contributed by atoms with van der Waals surface area (Å²) in [6.45, 7) is 0.832. The van der Waals surface area contributed by atoms with Crippen LogP contribution in [0.1, 0.15) is 20.7 Å². The molecule has 0 aliphatic heterocycles. The second-order valence-corrected chi connectivity index (χ2v) is 5.58. The van der Waals surface area contributed by atoms with Gasteiger partial charge in [-0.15, -0.1) is 0 Å². The van der Waals surface area contributed by atoms with Crippen molar-refractivity contribution in [2.45, 2.75) is 0 Å². The molecular formula is C17H17BrN2O3. The van der Waals surface area contributed by atoms with E-state index in [1.54, 1.807) is 49.6 Å². The van der Waals surface area contributed by atoms with E-state index in [4.69, 9.17) is 4.74 Å². The van der Waals surface area contributed by atoms with Crippen LogP contribution in [0.25, 0.3) is 0 Å². The number of para-hydroxylation sites is 1. The highest BCUT2D eigenvalue weighted by atomic mass is 79.9. The van der Waals surface area contributed by atoms with Crippen molar-refractivity contribution in [2.24, 2.45) is 0 Å². The zero-order valence-corrected chi connectivity index (χ0v) is 14.2. The molecule has 2 rings (SSSR count). The molecule has 0 aliphatic carbocycles. The molecule has 0 saturated heterocycles. The molecule has 0 bridgehead atoms. The zero-order valence-electron chi connectivity index (χ0n) is 12.6. The quantitative estimate of drug-likeness (QED) is 0.761. The SMILES string of the molecule is COCCNC(=O)c1ccccc1NC(=O)c1ccccc1Br. The van der Waals surface area contributed by atoms with Crippen molar-refractivity contribution in [3.8, 4) is 0 Å². The summed E-state index contributed by atoms with van der Waals surface area (Å²) >= 11 is 3.35. The Kier molecular flexibility index (Phi) is 6.31. The van der Waals surface area contributed by atoms with Crippen molar-refractivity contribution in [3.05, 3.63) is 64.1 Å². The van der Waals surface area contributed by atoms with Crippen LogP contribution in [0.5, 0.6) is 0 Å². The Morgan fingerprint density at radius 3 is 2.35 bits per heavy atom. The van der Waals surface area contributed by atoms with Gasteiger partial charge in [0.05, 0.1) is 23.4 Å². The first kappa shape index (κ1) is 17.2. The van der Waals surface area contributed by atoms with Gasteiger partial charge in [-0.05, 0) is 40.2 Å². The normalized spacial score (nSPS) is 10.2. The maximum Gasteiger partial charge on any atom is 0.256 e. The fourth-order valence-electron chi connectivity index (χ4n) is 1.99.